The first kappa shape index (κ1) is 19.5. The fourth-order valence-corrected chi connectivity index (χ4v) is 2.85. The summed E-state index contributed by atoms with van der Waals surface area (Å²) in [4.78, 5) is 19.0. The fourth-order valence-electron chi connectivity index (χ4n) is 2.85. The lowest BCUT2D eigenvalue weighted by atomic mass is 10.1. The molecule has 1 unspecified atom stereocenters. The van der Waals surface area contributed by atoms with E-state index in [9.17, 15) is 4.79 Å². The van der Waals surface area contributed by atoms with Crippen molar-refractivity contribution in [2.24, 2.45) is 5.73 Å². The van der Waals surface area contributed by atoms with Crippen molar-refractivity contribution in [3.8, 4) is 11.5 Å². The van der Waals surface area contributed by atoms with Crippen molar-refractivity contribution in [3.05, 3.63) is 41.8 Å². The van der Waals surface area contributed by atoms with E-state index in [4.69, 9.17) is 10.2 Å². The number of nitrogens with zero attached hydrogens (tertiary/aromatic N) is 2. The third-order valence-corrected chi connectivity index (χ3v) is 4.00. The van der Waals surface area contributed by atoms with Crippen LogP contribution < -0.4 is 5.73 Å². The van der Waals surface area contributed by atoms with Crippen LogP contribution >= 0.6 is 24.8 Å². The number of hydrogen-bond acceptors (Lipinski definition) is 4. The molecule has 3 rings (SSSR count). The molecular formula is C16H21Cl2N3O2. The Morgan fingerprint density at radius 1 is 1.39 bits per heavy atom. The van der Waals surface area contributed by atoms with E-state index in [1.165, 1.54) is 0 Å². The Labute approximate surface area is 148 Å². The molecule has 0 radical (unpaired) electrons. The molecular weight excluding hydrogens is 337 g/mol. The number of halogens is 2. The first-order chi connectivity index (χ1) is 10.2. The maximum Gasteiger partial charge on any atom is 0.255 e. The Kier molecular flexibility index (Phi) is 7.06. The zero-order valence-corrected chi connectivity index (χ0v) is 14.5. The van der Waals surface area contributed by atoms with Crippen LogP contribution in [0.15, 0.2) is 34.9 Å². The van der Waals surface area contributed by atoms with E-state index in [1.807, 2.05) is 36.1 Å². The molecule has 0 saturated carbocycles. The van der Waals surface area contributed by atoms with Gasteiger partial charge in [-0.05, 0) is 44.0 Å². The van der Waals surface area contributed by atoms with Crippen LogP contribution in [-0.2, 0) is 0 Å². The minimum atomic E-state index is 0. The van der Waals surface area contributed by atoms with E-state index in [0.29, 0.717) is 17.9 Å². The molecule has 2 aromatic heterocycles. The third kappa shape index (κ3) is 3.86. The molecule has 0 bridgehead atoms. The van der Waals surface area contributed by atoms with Crippen LogP contribution in [0.1, 0.15) is 28.9 Å². The van der Waals surface area contributed by atoms with Gasteiger partial charge in [0.1, 0.15) is 5.69 Å². The zero-order chi connectivity index (χ0) is 14.8. The topological polar surface area (TPSA) is 72.4 Å². The van der Waals surface area contributed by atoms with Crippen molar-refractivity contribution in [1.29, 1.82) is 0 Å². The fraction of sp³-hybridized carbons (Fsp3) is 0.375. The molecule has 2 N–H and O–H groups in total. The highest BCUT2D eigenvalue weighted by atomic mass is 35.5. The molecule has 1 aliphatic heterocycles. The van der Waals surface area contributed by atoms with Gasteiger partial charge in [-0.25, -0.2) is 4.98 Å². The van der Waals surface area contributed by atoms with Crippen molar-refractivity contribution in [2.75, 3.05) is 13.1 Å². The van der Waals surface area contributed by atoms with Gasteiger partial charge in [-0.3, -0.25) is 4.79 Å². The maximum absolute atomic E-state index is 12.6. The normalized spacial score (nSPS) is 16.6. The Balaban J connectivity index is 0.00000132. The monoisotopic (exact) mass is 357 g/mol. The number of furan rings is 1. The number of likely N-dealkylation sites (tertiary alicyclic amines) is 1. The molecule has 1 aliphatic rings. The highest BCUT2D eigenvalue weighted by Crippen LogP contribution is 2.23. The smallest absolute Gasteiger partial charge is 0.255 e. The predicted molar refractivity (Wildman–Crippen MR) is 94.3 cm³/mol. The zero-order valence-electron chi connectivity index (χ0n) is 12.9. The number of carbonyl (C=O) groups is 1. The number of aryl methyl sites for hydroxylation is 1. The molecule has 1 amide bonds. The number of aromatic nitrogens is 1. The van der Waals surface area contributed by atoms with E-state index >= 15 is 0 Å². The van der Waals surface area contributed by atoms with Gasteiger partial charge in [0.15, 0.2) is 5.76 Å². The standard InChI is InChI=1S/C16H19N3O2.2ClH/c1-11-13(16(20)19-8-2-4-12(19)10-17)6-7-14(18-11)15-5-3-9-21-15;;/h3,5-7,9,12H,2,4,8,10,17H2,1H3;2*1H. The van der Waals surface area contributed by atoms with E-state index in [0.717, 1.165) is 30.8 Å². The minimum absolute atomic E-state index is 0. The number of nitrogens with two attached hydrogens (primary N) is 1. The molecule has 1 saturated heterocycles. The molecule has 0 aromatic carbocycles. The quantitative estimate of drug-likeness (QED) is 0.915. The maximum atomic E-state index is 12.6. The molecule has 0 spiro atoms. The summed E-state index contributed by atoms with van der Waals surface area (Å²) in [6, 6.07) is 7.48. The average molecular weight is 358 g/mol. The highest BCUT2D eigenvalue weighted by Gasteiger charge is 2.29. The van der Waals surface area contributed by atoms with Gasteiger partial charge in [0.25, 0.3) is 5.91 Å². The van der Waals surface area contributed by atoms with Gasteiger partial charge in [-0.1, -0.05) is 0 Å². The minimum Gasteiger partial charge on any atom is -0.463 e. The molecule has 3 heterocycles. The van der Waals surface area contributed by atoms with Crippen molar-refractivity contribution in [2.45, 2.75) is 25.8 Å². The number of carbonyl (C=O) groups excluding carboxylic acids is 1. The molecule has 0 aliphatic carbocycles. The Hall–Kier alpha value is -1.56. The number of rotatable bonds is 3. The summed E-state index contributed by atoms with van der Waals surface area (Å²) in [5, 5.41) is 0. The van der Waals surface area contributed by atoms with Gasteiger partial charge >= 0.3 is 0 Å². The number of amides is 1. The van der Waals surface area contributed by atoms with Crippen LogP contribution in [0, 0.1) is 6.92 Å². The molecule has 23 heavy (non-hydrogen) atoms. The Bertz CT molecular complexity index is 647. The van der Waals surface area contributed by atoms with Crippen LogP contribution in [0.25, 0.3) is 11.5 Å². The third-order valence-electron chi connectivity index (χ3n) is 4.00. The van der Waals surface area contributed by atoms with E-state index in [-0.39, 0.29) is 36.8 Å². The summed E-state index contributed by atoms with van der Waals surface area (Å²) < 4.78 is 5.33. The summed E-state index contributed by atoms with van der Waals surface area (Å²) in [7, 11) is 0. The summed E-state index contributed by atoms with van der Waals surface area (Å²) in [5.41, 5.74) is 7.85. The van der Waals surface area contributed by atoms with Gasteiger partial charge in [0.05, 0.1) is 17.5 Å². The molecule has 1 atom stereocenters. The van der Waals surface area contributed by atoms with Crippen molar-refractivity contribution in [3.63, 3.8) is 0 Å². The number of pyridine rings is 1. The van der Waals surface area contributed by atoms with Gasteiger partial charge in [0, 0.05) is 19.1 Å². The summed E-state index contributed by atoms with van der Waals surface area (Å²) in [6.07, 6.45) is 3.62. The predicted octanol–water partition coefficient (Wildman–Crippen LogP) is 3.06. The van der Waals surface area contributed by atoms with Crippen LogP contribution in [0.3, 0.4) is 0 Å². The van der Waals surface area contributed by atoms with Crippen molar-refractivity contribution in [1.82, 2.24) is 9.88 Å². The summed E-state index contributed by atoms with van der Waals surface area (Å²) in [6.45, 7) is 3.15. The second-order valence-electron chi connectivity index (χ2n) is 5.34. The van der Waals surface area contributed by atoms with Gasteiger partial charge in [-0.2, -0.15) is 0 Å². The summed E-state index contributed by atoms with van der Waals surface area (Å²) in [5.74, 6) is 0.733. The van der Waals surface area contributed by atoms with E-state index in [1.54, 1.807) is 6.26 Å². The lowest BCUT2D eigenvalue weighted by Crippen LogP contribution is -2.40. The number of hydrogen-bond donors (Lipinski definition) is 1. The average Bonchev–Trinajstić information content (AvgIpc) is 3.17. The largest absolute Gasteiger partial charge is 0.463 e. The van der Waals surface area contributed by atoms with Crippen LogP contribution in [0.5, 0.6) is 0 Å². The first-order valence-corrected chi connectivity index (χ1v) is 7.23. The molecule has 7 heteroatoms. The van der Waals surface area contributed by atoms with E-state index in [2.05, 4.69) is 4.98 Å². The second-order valence-corrected chi connectivity index (χ2v) is 5.34. The van der Waals surface area contributed by atoms with Crippen molar-refractivity contribution < 1.29 is 9.21 Å². The van der Waals surface area contributed by atoms with Crippen LogP contribution in [0.4, 0.5) is 0 Å². The van der Waals surface area contributed by atoms with E-state index < -0.39 is 0 Å². The summed E-state index contributed by atoms with van der Waals surface area (Å²) >= 11 is 0. The Morgan fingerprint density at radius 2 is 2.17 bits per heavy atom. The van der Waals surface area contributed by atoms with Gasteiger partial charge in [0.2, 0.25) is 0 Å². The molecule has 5 nitrogen and oxygen atoms in total. The molecule has 1 fully saturated rings. The molecule has 2 aromatic rings. The lowest BCUT2D eigenvalue weighted by molar-refractivity contribution is 0.0740. The van der Waals surface area contributed by atoms with Crippen molar-refractivity contribution >= 4 is 30.7 Å². The van der Waals surface area contributed by atoms with Gasteiger partial charge in [-0.15, -0.1) is 24.8 Å². The lowest BCUT2D eigenvalue weighted by Gasteiger charge is -2.24. The SMILES string of the molecule is Cc1nc(-c2ccco2)ccc1C(=O)N1CCCC1CN.Cl.Cl. The van der Waals surface area contributed by atoms with Gasteiger partial charge < -0.3 is 15.1 Å². The van der Waals surface area contributed by atoms with Crippen LogP contribution in [-0.4, -0.2) is 34.9 Å². The van der Waals surface area contributed by atoms with Crippen LogP contribution in [0.2, 0.25) is 0 Å². The Morgan fingerprint density at radius 3 is 2.78 bits per heavy atom. The molecule has 126 valence electrons. The second kappa shape index (κ2) is 8.34. The first-order valence-electron chi connectivity index (χ1n) is 7.23. The highest BCUT2D eigenvalue weighted by molar-refractivity contribution is 5.95.